The van der Waals surface area contributed by atoms with Gasteiger partial charge in [-0.15, -0.1) is 0 Å². The van der Waals surface area contributed by atoms with E-state index in [0.29, 0.717) is 10.1 Å². The predicted octanol–water partition coefficient (Wildman–Crippen LogP) is 2.37. The molecule has 1 aromatic heterocycles. The smallest absolute Gasteiger partial charge is 0.270 e. The number of aromatic nitrogens is 3. The first kappa shape index (κ1) is 17.7. The number of anilines is 1. The molecule has 0 bridgehead atoms. The zero-order valence-corrected chi connectivity index (χ0v) is 14.5. The van der Waals surface area contributed by atoms with E-state index in [2.05, 4.69) is 19.9 Å². The van der Waals surface area contributed by atoms with Crippen LogP contribution in [0.25, 0.3) is 0 Å². The minimum Gasteiger partial charge on any atom is -0.507 e. The normalized spacial score (nSPS) is 11.2. The van der Waals surface area contributed by atoms with Gasteiger partial charge >= 0.3 is 0 Å². The fourth-order valence-corrected chi connectivity index (χ4v) is 3.84. The summed E-state index contributed by atoms with van der Waals surface area (Å²) >= 11 is 1.06. The molecule has 0 unspecified atom stereocenters. The van der Waals surface area contributed by atoms with Crippen LogP contribution in [0, 0.1) is 10.1 Å². The lowest BCUT2D eigenvalue weighted by molar-refractivity contribution is -0.385. The molecule has 0 atom stereocenters. The maximum atomic E-state index is 12.5. The lowest BCUT2D eigenvalue weighted by Gasteiger charge is -2.10. The first-order valence-electron chi connectivity index (χ1n) is 6.99. The van der Waals surface area contributed by atoms with Crippen LogP contribution < -0.4 is 4.72 Å². The Morgan fingerprint density at radius 2 is 2.04 bits per heavy atom. The summed E-state index contributed by atoms with van der Waals surface area (Å²) in [7, 11) is -4.04. The number of nitrogens with zero attached hydrogens (tertiary/aromatic N) is 3. The Morgan fingerprint density at radius 3 is 2.73 bits per heavy atom. The molecule has 3 rings (SSSR count). The number of non-ortho nitro benzene ring substituents is 1. The lowest BCUT2D eigenvalue weighted by Crippen LogP contribution is -2.13. The monoisotopic (exact) mass is 393 g/mol. The molecular weight excluding hydrogens is 382 g/mol. The van der Waals surface area contributed by atoms with Crippen molar-refractivity contribution in [2.45, 2.75) is 14.9 Å². The van der Waals surface area contributed by atoms with Gasteiger partial charge in [0.1, 0.15) is 12.1 Å². The van der Waals surface area contributed by atoms with Crippen LogP contribution in [-0.4, -0.2) is 33.6 Å². The summed E-state index contributed by atoms with van der Waals surface area (Å²) in [4.78, 5) is 14.2. The van der Waals surface area contributed by atoms with Gasteiger partial charge in [-0.05, 0) is 36.0 Å². The molecule has 0 radical (unpaired) electrons. The molecule has 0 aliphatic rings. The molecule has 0 spiro atoms. The van der Waals surface area contributed by atoms with Gasteiger partial charge in [-0.25, -0.2) is 13.4 Å². The number of aromatic hydroxyl groups is 1. The Kier molecular flexibility index (Phi) is 4.77. The molecule has 3 aromatic rings. The number of nitro groups is 1. The molecule has 12 heteroatoms. The third-order valence-corrected chi connectivity index (χ3v) is 5.47. The summed E-state index contributed by atoms with van der Waals surface area (Å²) in [6.07, 6.45) is 1.30. The molecule has 0 fully saturated rings. The van der Waals surface area contributed by atoms with Gasteiger partial charge in [0.25, 0.3) is 15.7 Å². The van der Waals surface area contributed by atoms with Gasteiger partial charge in [0.2, 0.25) is 0 Å². The molecular formula is C14H11N5O5S2. The molecule has 0 aliphatic heterocycles. The van der Waals surface area contributed by atoms with E-state index in [-0.39, 0.29) is 22.0 Å². The van der Waals surface area contributed by atoms with Crippen molar-refractivity contribution in [3.63, 3.8) is 0 Å². The Hall–Kier alpha value is -3.12. The van der Waals surface area contributed by atoms with Crippen molar-refractivity contribution in [1.29, 1.82) is 0 Å². The highest BCUT2D eigenvalue weighted by Gasteiger charge is 2.18. The second-order valence-electron chi connectivity index (χ2n) is 4.94. The summed E-state index contributed by atoms with van der Waals surface area (Å²) in [6, 6.07) is 8.81. The van der Waals surface area contributed by atoms with Crippen molar-refractivity contribution in [3.05, 3.63) is 58.9 Å². The highest BCUT2D eigenvalue weighted by Crippen LogP contribution is 2.34. The van der Waals surface area contributed by atoms with E-state index in [1.54, 1.807) is 0 Å². The van der Waals surface area contributed by atoms with E-state index < -0.39 is 14.9 Å². The van der Waals surface area contributed by atoms with Crippen molar-refractivity contribution in [3.8, 4) is 5.75 Å². The molecule has 0 amide bonds. The minimum atomic E-state index is -4.04. The lowest BCUT2D eigenvalue weighted by atomic mass is 10.3. The van der Waals surface area contributed by atoms with E-state index in [9.17, 15) is 23.6 Å². The van der Waals surface area contributed by atoms with E-state index in [0.717, 1.165) is 17.8 Å². The van der Waals surface area contributed by atoms with Gasteiger partial charge in [-0.3, -0.25) is 19.9 Å². The molecule has 26 heavy (non-hydrogen) atoms. The standard InChI is InChI=1S/C14H11N5O5S2/c20-12-5-4-9(6-13(12)25-14-15-8-16-17-14)18-26(23,24)11-3-1-2-10(7-11)19(21)22/h1-8,18,20H,(H,15,16,17). The van der Waals surface area contributed by atoms with Crippen molar-refractivity contribution in [1.82, 2.24) is 15.2 Å². The first-order valence-corrected chi connectivity index (χ1v) is 9.28. The summed E-state index contributed by atoms with van der Waals surface area (Å²) in [6.45, 7) is 0. The van der Waals surface area contributed by atoms with Crippen LogP contribution in [0.2, 0.25) is 0 Å². The summed E-state index contributed by atoms with van der Waals surface area (Å²) in [5, 5.41) is 27.4. The van der Waals surface area contributed by atoms with Gasteiger partial charge in [-0.1, -0.05) is 6.07 Å². The topological polar surface area (TPSA) is 151 Å². The number of rotatable bonds is 6. The summed E-state index contributed by atoms with van der Waals surface area (Å²) in [5.41, 5.74) is -0.156. The quantitative estimate of drug-likeness (QED) is 0.328. The van der Waals surface area contributed by atoms with Crippen LogP contribution in [0.1, 0.15) is 0 Å². The molecule has 10 nitrogen and oxygen atoms in total. The minimum absolute atomic E-state index is 0.0651. The average Bonchev–Trinajstić information content (AvgIpc) is 3.11. The van der Waals surface area contributed by atoms with E-state index in [1.165, 1.54) is 42.7 Å². The molecule has 1 heterocycles. The van der Waals surface area contributed by atoms with E-state index >= 15 is 0 Å². The molecule has 3 N–H and O–H groups in total. The zero-order valence-electron chi connectivity index (χ0n) is 12.9. The number of phenols is 1. The number of aromatic amines is 1. The Labute approximate surface area is 151 Å². The van der Waals surface area contributed by atoms with Gasteiger partial charge in [0, 0.05) is 12.1 Å². The summed E-state index contributed by atoms with van der Waals surface area (Å²) in [5.74, 6) is -0.0651. The van der Waals surface area contributed by atoms with Gasteiger partial charge < -0.3 is 5.11 Å². The highest BCUT2D eigenvalue weighted by atomic mass is 32.2. The number of sulfonamides is 1. The van der Waals surface area contributed by atoms with Crippen molar-refractivity contribution >= 4 is 33.2 Å². The predicted molar refractivity (Wildman–Crippen MR) is 92.5 cm³/mol. The van der Waals surface area contributed by atoms with Crippen LogP contribution in [0.4, 0.5) is 11.4 Å². The number of hydrogen-bond donors (Lipinski definition) is 3. The highest BCUT2D eigenvalue weighted by molar-refractivity contribution is 7.99. The van der Waals surface area contributed by atoms with Crippen LogP contribution in [0.15, 0.2) is 63.7 Å². The fraction of sp³-hybridized carbons (Fsp3) is 0. The number of H-pyrrole nitrogens is 1. The van der Waals surface area contributed by atoms with Crippen molar-refractivity contribution < 1.29 is 18.4 Å². The van der Waals surface area contributed by atoms with Gasteiger partial charge in [-0.2, -0.15) is 5.10 Å². The molecule has 0 saturated carbocycles. The third-order valence-electron chi connectivity index (χ3n) is 3.15. The average molecular weight is 393 g/mol. The van der Waals surface area contributed by atoms with Crippen LogP contribution in [0.5, 0.6) is 5.75 Å². The second kappa shape index (κ2) is 7.01. The SMILES string of the molecule is O=[N+]([O-])c1cccc(S(=O)(=O)Nc2ccc(O)c(Sc3ncn[nH]3)c2)c1. The van der Waals surface area contributed by atoms with Gasteiger partial charge in [0.15, 0.2) is 5.16 Å². The largest absolute Gasteiger partial charge is 0.507 e. The molecule has 0 saturated heterocycles. The van der Waals surface area contributed by atoms with Crippen molar-refractivity contribution in [2.75, 3.05) is 4.72 Å². The number of nitro benzene ring substituents is 1. The van der Waals surface area contributed by atoms with E-state index in [1.807, 2.05) is 0 Å². The van der Waals surface area contributed by atoms with Crippen LogP contribution >= 0.6 is 11.8 Å². The Bertz CT molecular complexity index is 1050. The summed E-state index contributed by atoms with van der Waals surface area (Å²) < 4.78 is 27.2. The van der Waals surface area contributed by atoms with Crippen LogP contribution in [0.3, 0.4) is 0 Å². The maximum Gasteiger partial charge on any atom is 0.270 e. The Morgan fingerprint density at radius 1 is 1.23 bits per heavy atom. The van der Waals surface area contributed by atoms with Gasteiger partial charge in [0.05, 0.1) is 20.4 Å². The second-order valence-corrected chi connectivity index (χ2v) is 7.65. The number of hydrogen-bond acceptors (Lipinski definition) is 8. The zero-order chi connectivity index (χ0) is 18.7. The fourth-order valence-electron chi connectivity index (χ4n) is 1.99. The number of benzene rings is 2. The van der Waals surface area contributed by atoms with Crippen molar-refractivity contribution in [2.24, 2.45) is 0 Å². The molecule has 2 aromatic carbocycles. The first-order chi connectivity index (χ1) is 12.3. The van der Waals surface area contributed by atoms with Crippen LogP contribution in [-0.2, 0) is 10.0 Å². The van der Waals surface area contributed by atoms with E-state index in [4.69, 9.17) is 0 Å². The number of phenolic OH excluding ortho intramolecular Hbond substituents is 1. The third kappa shape index (κ3) is 3.92. The molecule has 0 aliphatic carbocycles. The maximum absolute atomic E-state index is 12.5. The Balaban J connectivity index is 1.88. The molecule has 134 valence electrons. The number of nitrogens with one attached hydrogen (secondary N) is 2.